The molecule has 4 heteroatoms. The van der Waals surface area contributed by atoms with Crippen molar-refractivity contribution in [2.75, 3.05) is 13.1 Å². The van der Waals surface area contributed by atoms with Gasteiger partial charge in [-0.2, -0.15) is 0 Å². The quantitative estimate of drug-likeness (QED) is 0.916. The minimum Gasteiger partial charge on any atom is -0.326 e. The topological polar surface area (TPSA) is 46.6 Å². The number of hydrogen-bond donors (Lipinski definition) is 1. The Morgan fingerprint density at radius 2 is 2.32 bits per heavy atom. The number of nitrogens with two attached hydrogens (primary N) is 1. The largest absolute Gasteiger partial charge is 0.326 e. The predicted octanol–water partition coefficient (Wildman–Crippen LogP) is 1.99. The van der Waals surface area contributed by atoms with Crippen LogP contribution in [0.3, 0.4) is 0 Å². The number of imidazole rings is 1. The molecule has 0 radical (unpaired) electrons. The Hall–Kier alpha value is -1.39. The Morgan fingerprint density at radius 1 is 1.47 bits per heavy atom. The van der Waals surface area contributed by atoms with Crippen molar-refractivity contribution in [2.45, 2.75) is 38.8 Å². The maximum Gasteiger partial charge on any atom is 0.141 e. The SMILES string of the molecule is CC(C)N1CCC(c2cn3cccc(CN)c3n2)C1. The number of hydrogen-bond acceptors (Lipinski definition) is 3. The molecule has 1 aliphatic heterocycles. The first-order chi connectivity index (χ1) is 9.19. The van der Waals surface area contributed by atoms with E-state index in [4.69, 9.17) is 10.7 Å². The minimum atomic E-state index is 0.545. The van der Waals surface area contributed by atoms with Gasteiger partial charge in [0.2, 0.25) is 0 Å². The van der Waals surface area contributed by atoms with Gasteiger partial charge in [0.15, 0.2) is 0 Å². The monoisotopic (exact) mass is 258 g/mol. The molecule has 0 bridgehead atoms. The number of likely N-dealkylation sites (tertiary alicyclic amines) is 1. The van der Waals surface area contributed by atoms with Crippen LogP contribution >= 0.6 is 0 Å². The molecule has 0 spiro atoms. The Morgan fingerprint density at radius 3 is 3.00 bits per heavy atom. The van der Waals surface area contributed by atoms with Crippen LogP contribution in [0.25, 0.3) is 5.65 Å². The Kier molecular flexibility index (Phi) is 3.29. The van der Waals surface area contributed by atoms with Gasteiger partial charge in [0.05, 0.1) is 5.69 Å². The van der Waals surface area contributed by atoms with Crippen LogP contribution in [0.2, 0.25) is 0 Å². The number of pyridine rings is 1. The zero-order valence-electron chi connectivity index (χ0n) is 11.7. The van der Waals surface area contributed by atoms with Crippen molar-refractivity contribution in [1.82, 2.24) is 14.3 Å². The van der Waals surface area contributed by atoms with E-state index in [1.165, 1.54) is 18.7 Å². The van der Waals surface area contributed by atoms with Gasteiger partial charge in [-0.15, -0.1) is 0 Å². The average molecular weight is 258 g/mol. The van der Waals surface area contributed by atoms with Crippen molar-refractivity contribution >= 4 is 5.65 Å². The van der Waals surface area contributed by atoms with Gasteiger partial charge in [0, 0.05) is 43.0 Å². The summed E-state index contributed by atoms with van der Waals surface area (Å²) in [6.45, 7) is 7.38. The fraction of sp³-hybridized carbons (Fsp3) is 0.533. The first-order valence-corrected chi connectivity index (χ1v) is 7.09. The maximum absolute atomic E-state index is 5.78. The van der Waals surface area contributed by atoms with Gasteiger partial charge in [0.25, 0.3) is 0 Å². The van der Waals surface area contributed by atoms with Crippen molar-refractivity contribution in [3.05, 3.63) is 35.8 Å². The summed E-state index contributed by atoms with van der Waals surface area (Å²) in [5, 5.41) is 0. The normalized spacial score (nSPS) is 20.7. The molecule has 1 saturated heterocycles. The highest BCUT2D eigenvalue weighted by Gasteiger charge is 2.27. The fourth-order valence-electron chi connectivity index (χ4n) is 2.94. The van der Waals surface area contributed by atoms with Crippen molar-refractivity contribution in [3.8, 4) is 0 Å². The number of aromatic nitrogens is 2. The van der Waals surface area contributed by atoms with Crippen molar-refractivity contribution < 1.29 is 0 Å². The summed E-state index contributed by atoms with van der Waals surface area (Å²) in [5.41, 5.74) is 9.13. The molecule has 1 unspecified atom stereocenters. The Labute approximate surface area is 114 Å². The summed E-state index contributed by atoms with van der Waals surface area (Å²) in [7, 11) is 0. The highest BCUT2D eigenvalue weighted by molar-refractivity contribution is 5.49. The van der Waals surface area contributed by atoms with E-state index in [0.717, 1.165) is 17.8 Å². The number of nitrogens with zero attached hydrogens (tertiary/aromatic N) is 3. The lowest BCUT2D eigenvalue weighted by Crippen LogP contribution is -2.27. The third-order valence-corrected chi connectivity index (χ3v) is 4.17. The smallest absolute Gasteiger partial charge is 0.141 e. The molecule has 1 atom stereocenters. The molecule has 2 aromatic heterocycles. The third-order valence-electron chi connectivity index (χ3n) is 4.17. The molecular weight excluding hydrogens is 236 g/mol. The van der Waals surface area contributed by atoms with E-state index in [0.29, 0.717) is 18.5 Å². The molecule has 0 aromatic carbocycles. The second-order valence-electron chi connectivity index (χ2n) is 5.71. The summed E-state index contributed by atoms with van der Waals surface area (Å²) in [5.74, 6) is 0.563. The van der Waals surface area contributed by atoms with Crippen LogP contribution in [-0.2, 0) is 6.54 Å². The molecule has 2 N–H and O–H groups in total. The molecule has 1 aliphatic rings. The van der Waals surface area contributed by atoms with Crippen molar-refractivity contribution in [1.29, 1.82) is 0 Å². The molecule has 19 heavy (non-hydrogen) atoms. The van der Waals surface area contributed by atoms with Crippen molar-refractivity contribution in [2.24, 2.45) is 5.73 Å². The van der Waals surface area contributed by atoms with E-state index in [1.54, 1.807) is 0 Å². The molecular formula is C15H22N4. The highest BCUT2D eigenvalue weighted by Crippen LogP contribution is 2.28. The Bertz CT molecular complexity index is 573. The first-order valence-electron chi connectivity index (χ1n) is 7.09. The van der Waals surface area contributed by atoms with Gasteiger partial charge in [0.1, 0.15) is 5.65 Å². The second kappa shape index (κ2) is 4.94. The van der Waals surface area contributed by atoms with Crippen LogP contribution in [0.4, 0.5) is 0 Å². The number of fused-ring (bicyclic) bond motifs is 1. The standard InChI is InChI=1S/C15H22N4/c1-11(2)18-7-5-13(9-18)14-10-19-6-3-4-12(8-16)15(19)17-14/h3-4,6,10-11,13H,5,7-9,16H2,1-2H3. The van der Waals surface area contributed by atoms with E-state index in [1.807, 2.05) is 6.07 Å². The van der Waals surface area contributed by atoms with E-state index >= 15 is 0 Å². The lowest BCUT2D eigenvalue weighted by atomic mass is 10.1. The van der Waals surface area contributed by atoms with E-state index in [2.05, 4.69) is 41.6 Å². The third kappa shape index (κ3) is 2.26. The van der Waals surface area contributed by atoms with Crippen LogP contribution < -0.4 is 5.73 Å². The van der Waals surface area contributed by atoms with Gasteiger partial charge < -0.3 is 15.0 Å². The average Bonchev–Trinajstić information content (AvgIpc) is 3.04. The van der Waals surface area contributed by atoms with Gasteiger partial charge in [-0.05, 0) is 32.9 Å². The zero-order chi connectivity index (χ0) is 13.4. The zero-order valence-corrected chi connectivity index (χ0v) is 11.7. The summed E-state index contributed by atoms with van der Waals surface area (Å²) in [4.78, 5) is 7.34. The molecule has 2 aromatic rings. The fourth-order valence-corrected chi connectivity index (χ4v) is 2.94. The van der Waals surface area contributed by atoms with Crippen LogP contribution in [0.15, 0.2) is 24.5 Å². The van der Waals surface area contributed by atoms with Gasteiger partial charge in [-0.1, -0.05) is 6.07 Å². The van der Waals surface area contributed by atoms with E-state index in [9.17, 15) is 0 Å². The molecule has 1 fully saturated rings. The van der Waals surface area contributed by atoms with Crippen molar-refractivity contribution in [3.63, 3.8) is 0 Å². The van der Waals surface area contributed by atoms with Crippen LogP contribution in [0, 0.1) is 0 Å². The summed E-state index contributed by atoms with van der Waals surface area (Å²) in [6.07, 6.45) is 5.43. The molecule has 3 heterocycles. The molecule has 3 rings (SSSR count). The molecule has 102 valence electrons. The second-order valence-corrected chi connectivity index (χ2v) is 5.71. The highest BCUT2D eigenvalue weighted by atomic mass is 15.2. The molecule has 4 nitrogen and oxygen atoms in total. The van der Waals surface area contributed by atoms with Gasteiger partial charge in [-0.3, -0.25) is 0 Å². The summed E-state index contributed by atoms with van der Waals surface area (Å²) >= 11 is 0. The summed E-state index contributed by atoms with van der Waals surface area (Å²) in [6, 6.07) is 4.72. The number of rotatable bonds is 3. The van der Waals surface area contributed by atoms with Crippen LogP contribution in [-0.4, -0.2) is 33.4 Å². The van der Waals surface area contributed by atoms with E-state index < -0.39 is 0 Å². The first kappa shape index (κ1) is 12.6. The maximum atomic E-state index is 5.78. The van der Waals surface area contributed by atoms with E-state index in [-0.39, 0.29) is 0 Å². The van der Waals surface area contributed by atoms with Gasteiger partial charge >= 0.3 is 0 Å². The van der Waals surface area contributed by atoms with Crippen LogP contribution in [0.1, 0.15) is 37.4 Å². The molecule has 0 aliphatic carbocycles. The minimum absolute atomic E-state index is 0.545. The lowest BCUT2D eigenvalue weighted by Gasteiger charge is -2.19. The molecule has 0 amide bonds. The molecule has 0 saturated carbocycles. The van der Waals surface area contributed by atoms with Gasteiger partial charge in [-0.25, -0.2) is 4.98 Å². The summed E-state index contributed by atoms with van der Waals surface area (Å²) < 4.78 is 2.11. The predicted molar refractivity (Wildman–Crippen MR) is 77.2 cm³/mol. The Balaban J connectivity index is 1.90. The van der Waals surface area contributed by atoms with Crippen LogP contribution in [0.5, 0.6) is 0 Å². The lowest BCUT2D eigenvalue weighted by molar-refractivity contribution is 0.272.